The first kappa shape index (κ1) is 9.46. The van der Waals surface area contributed by atoms with Crippen molar-refractivity contribution in [2.45, 2.75) is 18.7 Å². The van der Waals surface area contributed by atoms with Gasteiger partial charge >= 0.3 is 0 Å². The molecule has 1 nitrogen and oxygen atoms in total. The van der Waals surface area contributed by atoms with E-state index in [1.807, 2.05) is 6.92 Å². The van der Waals surface area contributed by atoms with Crippen LogP contribution in [0, 0.1) is 6.92 Å². The van der Waals surface area contributed by atoms with Crippen molar-refractivity contribution in [3.63, 3.8) is 0 Å². The maximum atomic E-state index is 5.47. The van der Waals surface area contributed by atoms with Crippen molar-refractivity contribution in [2.24, 2.45) is 0 Å². The van der Waals surface area contributed by atoms with E-state index in [1.54, 1.807) is 11.8 Å². The fraction of sp³-hybridized carbons (Fsp3) is 0.400. The van der Waals surface area contributed by atoms with Gasteiger partial charge in [-0.15, -0.1) is 11.8 Å². The average Bonchev–Trinajstić information content (AvgIpc) is 2.09. The highest BCUT2D eigenvalue weighted by molar-refractivity contribution is 7.98. The molecule has 2 heteroatoms. The minimum Gasteiger partial charge on any atom is -0.494 e. The molecule has 1 aromatic carbocycles. The van der Waals surface area contributed by atoms with Gasteiger partial charge in [-0.2, -0.15) is 0 Å². The Labute approximate surface area is 78.1 Å². The molecule has 0 aliphatic carbocycles. The molecular weight excluding hydrogens is 168 g/mol. The van der Waals surface area contributed by atoms with Crippen LogP contribution in [0.15, 0.2) is 23.1 Å². The molecule has 0 bridgehead atoms. The van der Waals surface area contributed by atoms with E-state index >= 15 is 0 Å². The van der Waals surface area contributed by atoms with Crippen LogP contribution in [-0.2, 0) is 0 Å². The van der Waals surface area contributed by atoms with Crippen molar-refractivity contribution in [2.75, 3.05) is 12.9 Å². The van der Waals surface area contributed by atoms with E-state index in [1.165, 1.54) is 10.5 Å². The molecule has 0 heterocycles. The van der Waals surface area contributed by atoms with Gasteiger partial charge in [0.1, 0.15) is 5.75 Å². The van der Waals surface area contributed by atoms with Gasteiger partial charge in [-0.3, -0.25) is 0 Å². The highest BCUT2D eigenvalue weighted by Gasteiger charge is 1.99. The summed E-state index contributed by atoms with van der Waals surface area (Å²) in [6.07, 6.45) is 2.07. The summed E-state index contributed by atoms with van der Waals surface area (Å²) in [6.45, 7) is 4.80. The highest BCUT2D eigenvalue weighted by Crippen LogP contribution is 2.24. The van der Waals surface area contributed by atoms with Crippen LogP contribution < -0.4 is 4.74 Å². The van der Waals surface area contributed by atoms with Crippen molar-refractivity contribution in [1.82, 2.24) is 0 Å². The van der Waals surface area contributed by atoms with E-state index in [2.05, 4.69) is 31.4 Å². The van der Waals surface area contributed by atoms with E-state index in [4.69, 9.17) is 4.74 Å². The van der Waals surface area contributed by atoms with Crippen molar-refractivity contribution in [1.29, 1.82) is 0 Å². The van der Waals surface area contributed by atoms with E-state index in [0.717, 1.165) is 12.4 Å². The van der Waals surface area contributed by atoms with Crippen molar-refractivity contribution >= 4 is 11.8 Å². The molecule has 0 unspecified atom stereocenters. The van der Waals surface area contributed by atoms with Gasteiger partial charge < -0.3 is 4.74 Å². The molecule has 0 radical (unpaired) electrons. The van der Waals surface area contributed by atoms with Crippen LogP contribution in [0.2, 0.25) is 0 Å². The summed E-state index contributed by atoms with van der Waals surface area (Å²) in [5.41, 5.74) is 1.20. The minimum absolute atomic E-state index is 0.735. The molecule has 66 valence electrons. The molecular formula is C10H14OS. The molecule has 0 N–H and O–H groups in total. The Morgan fingerprint density at radius 1 is 1.42 bits per heavy atom. The molecule has 0 aliphatic heterocycles. The number of hydrogen-bond acceptors (Lipinski definition) is 2. The SMILES string of the molecule is CCOc1cc(SC)ccc1C. The second-order valence-corrected chi connectivity index (χ2v) is 3.44. The van der Waals surface area contributed by atoms with Gasteiger partial charge in [0.2, 0.25) is 0 Å². The molecule has 1 aromatic rings. The first-order chi connectivity index (χ1) is 5.77. The molecule has 0 aromatic heterocycles. The number of benzene rings is 1. The van der Waals surface area contributed by atoms with E-state index in [9.17, 15) is 0 Å². The second-order valence-electron chi connectivity index (χ2n) is 2.56. The topological polar surface area (TPSA) is 9.23 Å². The van der Waals surface area contributed by atoms with E-state index in [0.29, 0.717) is 0 Å². The standard InChI is InChI=1S/C10H14OS/c1-4-11-10-7-9(12-3)6-5-8(10)2/h5-7H,4H2,1-3H3. The van der Waals surface area contributed by atoms with Crippen LogP contribution in [0.5, 0.6) is 5.75 Å². The molecule has 1 rings (SSSR count). The molecule has 0 aliphatic rings. The summed E-state index contributed by atoms with van der Waals surface area (Å²) in [6, 6.07) is 6.29. The van der Waals surface area contributed by atoms with Crippen molar-refractivity contribution in [3.05, 3.63) is 23.8 Å². The fourth-order valence-electron chi connectivity index (χ4n) is 1.02. The van der Waals surface area contributed by atoms with Crippen LogP contribution in [0.1, 0.15) is 12.5 Å². The van der Waals surface area contributed by atoms with Crippen LogP contribution in [0.4, 0.5) is 0 Å². The normalized spacial score (nSPS) is 9.92. The Morgan fingerprint density at radius 3 is 2.75 bits per heavy atom. The highest BCUT2D eigenvalue weighted by atomic mass is 32.2. The Hall–Kier alpha value is -0.630. The molecule has 0 atom stereocenters. The minimum atomic E-state index is 0.735. The van der Waals surface area contributed by atoms with Gasteiger partial charge in [-0.05, 0) is 37.8 Å². The summed E-state index contributed by atoms with van der Waals surface area (Å²) < 4.78 is 5.47. The first-order valence-electron chi connectivity index (χ1n) is 4.05. The van der Waals surface area contributed by atoms with Crippen molar-refractivity contribution in [3.8, 4) is 5.75 Å². The summed E-state index contributed by atoms with van der Waals surface area (Å²) in [5, 5.41) is 0. The molecule has 0 saturated carbocycles. The Morgan fingerprint density at radius 2 is 2.17 bits per heavy atom. The molecule has 0 amide bonds. The number of hydrogen-bond donors (Lipinski definition) is 0. The van der Waals surface area contributed by atoms with E-state index in [-0.39, 0.29) is 0 Å². The third kappa shape index (κ3) is 2.18. The van der Waals surface area contributed by atoms with Crippen LogP contribution in [0.3, 0.4) is 0 Å². The van der Waals surface area contributed by atoms with Gasteiger partial charge in [0.15, 0.2) is 0 Å². The number of thioether (sulfide) groups is 1. The van der Waals surface area contributed by atoms with Gasteiger partial charge in [0.25, 0.3) is 0 Å². The molecule has 0 fully saturated rings. The average molecular weight is 182 g/mol. The predicted octanol–water partition coefficient (Wildman–Crippen LogP) is 3.12. The number of rotatable bonds is 3. The molecule has 0 saturated heterocycles. The largest absolute Gasteiger partial charge is 0.494 e. The maximum Gasteiger partial charge on any atom is 0.123 e. The number of aryl methyl sites for hydroxylation is 1. The summed E-state index contributed by atoms with van der Waals surface area (Å²) in [5.74, 6) is 1.00. The van der Waals surface area contributed by atoms with Gasteiger partial charge in [0.05, 0.1) is 6.61 Å². The lowest BCUT2D eigenvalue weighted by atomic mass is 10.2. The first-order valence-corrected chi connectivity index (χ1v) is 5.28. The predicted molar refractivity (Wildman–Crippen MR) is 54.1 cm³/mol. The third-order valence-corrected chi connectivity index (χ3v) is 2.42. The summed E-state index contributed by atoms with van der Waals surface area (Å²) in [4.78, 5) is 1.25. The van der Waals surface area contributed by atoms with Crippen LogP contribution >= 0.6 is 11.8 Å². The monoisotopic (exact) mass is 182 g/mol. The van der Waals surface area contributed by atoms with Gasteiger partial charge in [0, 0.05) is 4.90 Å². The van der Waals surface area contributed by atoms with Crippen molar-refractivity contribution < 1.29 is 4.74 Å². The van der Waals surface area contributed by atoms with Gasteiger partial charge in [-0.1, -0.05) is 6.07 Å². The van der Waals surface area contributed by atoms with E-state index < -0.39 is 0 Å². The quantitative estimate of drug-likeness (QED) is 0.664. The van der Waals surface area contributed by atoms with Gasteiger partial charge in [-0.25, -0.2) is 0 Å². The Balaban J connectivity index is 2.91. The summed E-state index contributed by atoms with van der Waals surface area (Å²) >= 11 is 1.74. The third-order valence-electron chi connectivity index (χ3n) is 1.70. The molecule has 12 heavy (non-hydrogen) atoms. The lowest BCUT2D eigenvalue weighted by molar-refractivity contribution is 0.337. The smallest absolute Gasteiger partial charge is 0.123 e. The second kappa shape index (κ2) is 4.41. The van der Waals surface area contributed by atoms with Crippen LogP contribution in [0.25, 0.3) is 0 Å². The Bertz CT molecular complexity index is 258. The lowest BCUT2D eigenvalue weighted by Crippen LogP contribution is -1.93. The number of ether oxygens (including phenoxy) is 1. The zero-order valence-electron chi connectivity index (χ0n) is 7.76. The maximum absolute atomic E-state index is 5.47. The molecule has 0 spiro atoms. The van der Waals surface area contributed by atoms with Crippen LogP contribution in [-0.4, -0.2) is 12.9 Å². The lowest BCUT2D eigenvalue weighted by Gasteiger charge is -2.07. The zero-order valence-corrected chi connectivity index (χ0v) is 8.57. The fourth-order valence-corrected chi connectivity index (χ4v) is 1.45. The summed E-state index contributed by atoms with van der Waals surface area (Å²) in [7, 11) is 0. The zero-order chi connectivity index (χ0) is 8.97. The Kier molecular flexibility index (Phi) is 3.48.